The fourth-order valence-corrected chi connectivity index (χ4v) is 10.2. The van der Waals surface area contributed by atoms with Crippen molar-refractivity contribution in [3.63, 3.8) is 0 Å². The number of aryl methyl sites for hydroxylation is 2. The Morgan fingerprint density at radius 3 is 2.62 bits per heavy atom. The summed E-state index contributed by atoms with van der Waals surface area (Å²) in [6, 6.07) is 24.5. The quantitative estimate of drug-likeness (QED) is 0.0287. The number of aromatic nitrogens is 1. The molecule has 0 radical (unpaired) electrons. The van der Waals surface area contributed by atoms with Gasteiger partial charge in [-0.05, 0) is 125 Å². The summed E-state index contributed by atoms with van der Waals surface area (Å²) in [7, 11) is -3.80. The van der Waals surface area contributed by atoms with Crippen molar-refractivity contribution in [3.05, 3.63) is 114 Å². The van der Waals surface area contributed by atoms with Crippen molar-refractivity contribution >= 4 is 38.1 Å². The predicted molar refractivity (Wildman–Crippen MR) is 239 cm³/mol. The number of nitrogens with one attached hydrogen (secondary N) is 1. The number of aliphatic hydroxyl groups excluding tert-OH is 3. The van der Waals surface area contributed by atoms with Crippen molar-refractivity contribution < 1.29 is 33.3 Å². The Morgan fingerprint density at radius 1 is 1.02 bits per heavy atom. The maximum atomic E-state index is 13.6. The van der Waals surface area contributed by atoms with Gasteiger partial charge in [-0.1, -0.05) is 66.7 Å². The molecule has 0 amide bonds. The van der Waals surface area contributed by atoms with E-state index in [9.17, 15) is 28.5 Å². The van der Waals surface area contributed by atoms with E-state index in [4.69, 9.17) is 4.74 Å². The monoisotopic (exact) mass is 840 g/mol. The number of anilines is 2. The number of ether oxygens (including phenoxy) is 1. The molecular weight excluding hydrogens is 777 g/mol. The zero-order chi connectivity index (χ0) is 42.6. The third-order valence-corrected chi connectivity index (χ3v) is 14.1. The Labute approximate surface area is 356 Å². The van der Waals surface area contributed by atoms with Crippen LogP contribution in [0.3, 0.4) is 0 Å². The number of pyridine rings is 1. The highest BCUT2D eigenvalue weighted by Crippen LogP contribution is 2.39. The minimum Gasteiger partial charge on any atom is -0.441 e. The average Bonchev–Trinajstić information content (AvgIpc) is 3.79. The molecule has 1 unspecified atom stereocenters. The number of rotatable bonds is 21. The summed E-state index contributed by atoms with van der Waals surface area (Å²) in [4.78, 5) is 19.7. The number of nitrogens with zero attached hydrogens (tertiary/aromatic N) is 3. The van der Waals surface area contributed by atoms with Gasteiger partial charge in [0.15, 0.2) is 6.23 Å². The van der Waals surface area contributed by atoms with Gasteiger partial charge in [0, 0.05) is 61.0 Å². The highest BCUT2D eigenvalue weighted by Gasteiger charge is 2.40. The molecule has 60 heavy (non-hydrogen) atoms. The Kier molecular flexibility index (Phi) is 16.2. The third-order valence-electron chi connectivity index (χ3n) is 12.3. The summed E-state index contributed by atoms with van der Waals surface area (Å²) in [5, 5.41) is 38.0. The minimum absolute atomic E-state index is 0.0892. The van der Waals surface area contributed by atoms with Crippen LogP contribution in [0.2, 0.25) is 0 Å². The zero-order valence-electron chi connectivity index (χ0n) is 35.4. The van der Waals surface area contributed by atoms with Crippen LogP contribution in [0.15, 0.2) is 97.3 Å². The number of esters is 1. The van der Waals surface area contributed by atoms with Gasteiger partial charge >= 0.3 is 5.97 Å². The molecule has 0 spiro atoms. The van der Waals surface area contributed by atoms with E-state index in [1.54, 1.807) is 13.8 Å². The first kappa shape index (κ1) is 45.2. The molecule has 1 aliphatic carbocycles. The predicted octanol–water partition coefficient (Wildman–Crippen LogP) is 7.52. The van der Waals surface area contributed by atoms with Gasteiger partial charge in [0.25, 0.3) is 0 Å². The van der Waals surface area contributed by atoms with E-state index in [0.717, 1.165) is 53.5 Å². The van der Waals surface area contributed by atoms with Gasteiger partial charge in [-0.15, -0.1) is 0 Å². The second-order valence-corrected chi connectivity index (χ2v) is 18.9. The van der Waals surface area contributed by atoms with Gasteiger partial charge < -0.3 is 25.4 Å². The van der Waals surface area contributed by atoms with Gasteiger partial charge in [-0.2, -0.15) is 0 Å². The first-order chi connectivity index (χ1) is 28.9. The van der Waals surface area contributed by atoms with E-state index in [2.05, 4.69) is 39.5 Å². The van der Waals surface area contributed by atoms with E-state index >= 15 is 0 Å². The second kappa shape index (κ2) is 21.5. The van der Waals surface area contributed by atoms with Crippen molar-refractivity contribution in [2.24, 2.45) is 11.8 Å². The number of allylic oxidation sites excluding steroid dienone is 2. The SMILES string of the molecule is CCS(=O)(=O)N(c1cc(CN2CC[C@@H](Nc3cccc4cnccc34)C2)ccc1C)C(C)OC(=O)CCC/C=C\C[C@@H]1[C@@H](CC[C@@H](O)CCc2ccccc2)[C@H](O)C[C@@H]1O. The summed E-state index contributed by atoms with van der Waals surface area (Å²) >= 11 is 0. The Hall–Kier alpha value is -4.33. The van der Waals surface area contributed by atoms with Crippen LogP contribution in [-0.4, -0.2) is 89.0 Å². The molecule has 3 aromatic carbocycles. The number of carbonyl (C=O) groups excluding carboxylic acids is 1. The molecule has 7 atom stereocenters. The lowest BCUT2D eigenvalue weighted by molar-refractivity contribution is -0.147. The standard InChI is InChI=1S/C48H64N4O7S/c1-4-60(57,58)52(45-29-37(20-19-34(45)2)32-51-28-26-39(33-51)50-44-17-12-15-38-31-49-27-25-41(38)44)35(3)59-48(56)18-11-6-5-10-16-42-43(47(55)30-46(42)54)24-23-40(53)22-21-36-13-8-7-9-14-36/h5,7-10,12-15,17,19-20,25,27,29,31,35,39-40,42-43,46-47,50,53-55H,4,6,11,16,18,21-24,26,28,30,32-33H2,1-3H3/b10-5-/t35?,39-,40+,42-,43-,46+,47-/m1/s1. The topological polar surface area (TPSA) is 153 Å². The fraction of sp³-hybridized carbons (Fsp3) is 0.500. The number of hydrogen-bond acceptors (Lipinski definition) is 10. The van der Waals surface area contributed by atoms with Crippen LogP contribution in [0.1, 0.15) is 88.3 Å². The zero-order valence-corrected chi connectivity index (χ0v) is 36.2. The highest BCUT2D eigenvalue weighted by molar-refractivity contribution is 7.92. The van der Waals surface area contributed by atoms with Crippen LogP contribution in [0.5, 0.6) is 0 Å². The lowest BCUT2D eigenvalue weighted by atomic mass is 9.85. The van der Waals surface area contributed by atoms with Crippen LogP contribution >= 0.6 is 0 Å². The number of benzene rings is 3. The smallest absolute Gasteiger partial charge is 0.307 e. The van der Waals surface area contributed by atoms with E-state index < -0.39 is 40.5 Å². The number of aliphatic hydroxyl groups is 3. The molecule has 2 heterocycles. The lowest BCUT2D eigenvalue weighted by Gasteiger charge is -2.31. The van der Waals surface area contributed by atoms with Gasteiger partial charge in [0.2, 0.25) is 10.0 Å². The first-order valence-corrected chi connectivity index (χ1v) is 23.4. The summed E-state index contributed by atoms with van der Waals surface area (Å²) in [5.74, 6) is -0.803. The largest absolute Gasteiger partial charge is 0.441 e. The molecule has 324 valence electrons. The van der Waals surface area contributed by atoms with Crippen LogP contribution in [0, 0.1) is 18.8 Å². The van der Waals surface area contributed by atoms with Crippen molar-refractivity contribution in [2.45, 2.75) is 122 Å². The van der Waals surface area contributed by atoms with Gasteiger partial charge in [0.1, 0.15) is 0 Å². The number of carbonyl (C=O) groups is 1. The molecular formula is C48H64N4O7S. The highest BCUT2D eigenvalue weighted by atomic mass is 32.2. The molecule has 11 nitrogen and oxygen atoms in total. The Bertz CT molecular complexity index is 2130. The molecule has 6 rings (SSSR count). The molecule has 1 saturated carbocycles. The lowest BCUT2D eigenvalue weighted by Crippen LogP contribution is -2.42. The third kappa shape index (κ3) is 12.2. The number of fused-ring (bicyclic) bond motifs is 1. The van der Waals surface area contributed by atoms with E-state index in [0.29, 0.717) is 57.2 Å². The van der Waals surface area contributed by atoms with Crippen LogP contribution < -0.4 is 9.62 Å². The summed E-state index contributed by atoms with van der Waals surface area (Å²) in [5.41, 5.74) is 4.55. The van der Waals surface area contributed by atoms with Crippen molar-refractivity contribution in [2.75, 3.05) is 28.5 Å². The number of likely N-dealkylation sites (tertiary alicyclic amines) is 1. The van der Waals surface area contributed by atoms with Crippen molar-refractivity contribution in [1.82, 2.24) is 9.88 Å². The van der Waals surface area contributed by atoms with Gasteiger partial charge in [-0.3, -0.25) is 14.7 Å². The van der Waals surface area contributed by atoms with Gasteiger partial charge in [0.05, 0.1) is 29.8 Å². The van der Waals surface area contributed by atoms with E-state index in [-0.39, 0.29) is 30.1 Å². The summed E-state index contributed by atoms with van der Waals surface area (Å²) < 4.78 is 34.2. The molecule has 1 saturated heterocycles. The Balaban J connectivity index is 0.969. The molecule has 4 N–H and O–H groups in total. The maximum Gasteiger partial charge on any atom is 0.307 e. The van der Waals surface area contributed by atoms with Crippen molar-refractivity contribution in [1.29, 1.82) is 0 Å². The number of sulfonamides is 1. The molecule has 12 heteroatoms. The van der Waals surface area contributed by atoms with Crippen molar-refractivity contribution in [3.8, 4) is 0 Å². The second-order valence-electron chi connectivity index (χ2n) is 16.7. The molecule has 1 aromatic heterocycles. The van der Waals surface area contributed by atoms with Crippen LogP contribution in [0.4, 0.5) is 11.4 Å². The fourth-order valence-electron chi connectivity index (χ4n) is 8.97. The number of unbranched alkanes of at least 4 members (excludes halogenated alkanes) is 1. The normalized spacial score (nSPS) is 22.0. The van der Waals surface area contributed by atoms with E-state index in [1.807, 2.05) is 80.0 Å². The van der Waals surface area contributed by atoms with E-state index in [1.165, 1.54) is 9.87 Å². The average molecular weight is 841 g/mol. The summed E-state index contributed by atoms with van der Waals surface area (Å²) in [6.45, 7) is 7.48. The molecule has 4 aromatic rings. The molecule has 2 fully saturated rings. The van der Waals surface area contributed by atoms with Crippen LogP contribution in [-0.2, 0) is 32.5 Å². The minimum atomic E-state index is -3.80. The molecule has 1 aliphatic heterocycles. The van der Waals surface area contributed by atoms with Gasteiger partial charge in [-0.25, -0.2) is 12.7 Å². The Morgan fingerprint density at radius 2 is 1.82 bits per heavy atom. The number of hydrogen-bond donors (Lipinski definition) is 4. The van der Waals surface area contributed by atoms with Crippen LogP contribution in [0.25, 0.3) is 10.8 Å². The first-order valence-electron chi connectivity index (χ1n) is 21.8. The summed E-state index contributed by atoms with van der Waals surface area (Å²) in [6.07, 6.45) is 10.8. The molecule has 0 bridgehead atoms. The molecule has 2 aliphatic rings. The maximum absolute atomic E-state index is 13.6.